The molecule has 27 heavy (non-hydrogen) atoms. The van der Waals surface area contributed by atoms with Gasteiger partial charge in [-0.05, 0) is 48.9 Å². The minimum Gasteiger partial charge on any atom is -0.492 e. The van der Waals surface area contributed by atoms with E-state index in [1.54, 1.807) is 12.1 Å². The Labute approximate surface area is 157 Å². The van der Waals surface area contributed by atoms with Gasteiger partial charge in [-0.3, -0.25) is 0 Å². The van der Waals surface area contributed by atoms with Gasteiger partial charge in [0.25, 0.3) is 0 Å². The number of amides is 2. The Balaban J connectivity index is 1.43. The van der Waals surface area contributed by atoms with E-state index in [4.69, 9.17) is 14.2 Å². The summed E-state index contributed by atoms with van der Waals surface area (Å²) in [5.41, 5.74) is 0.928. The van der Waals surface area contributed by atoms with Gasteiger partial charge in [0.2, 0.25) is 0 Å². The number of ether oxygens (including phenoxy) is 3. The number of hydrogen-bond donors (Lipinski definition) is 2. The van der Waals surface area contributed by atoms with E-state index in [9.17, 15) is 9.18 Å². The molecule has 0 saturated heterocycles. The number of carbonyl (C=O) groups is 1. The molecule has 0 radical (unpaired) electrons. The van der Waals surface area contributed by atoms with Gasteiger partial charge < -0.3 is 24.8 Å². The Bertz CT molecular complexity index is 767. The van der Waals surface area contributed by atoms with Crippen LogP contribution in [0.2, 0.25) is 0 Å². The molecule has 0 spiro atoms. The second-order valence-electron chi connectivity index (χ2n) is 6.18. The number of carbonyl (C=O) groups excluding carboxylic acids is 1. The van der Waals surface area contributed by atoms with Crippen LogP contribution >= 0.6 is 0 Å². The van der Waals surface area contributed by atoms with Crippen molar-refractivity contribution in [3.8, 4) is 17.2 Å². The average Bonchev–Trinajstić information content (AvgIpc) is 2.91. The van der Waals surface area contributed by atoms with E-state index in [1.807, 2.05) is 25.1 Å². The van der Waals surface area contributed by atoms with Gasteiger partial charge in [0.05, 0.1) is 25.8 Å². The summed E-state index contributed by atoms with van der Waals surface area (Å²) in [5.74, 6) is 1.67. The molecule has 1 heterocycles. The van der Waals surface area contributed by atoms with Crippen molar-refractivity contribution in [2.45, 2.75) is 19.4 Å². The van der Waals surface area contributed by atoms with Gasteiger partial charge in [-0.1, -0.05) is 6.07 Å². The fourth-order valence-corrected chi connectivity index (χ4v) is 2.64. The number of hydrogen-bond acceptors (Lipinski definition) is 4. The summed E-state index contributed by atoms with van der Waals surface area (Å²) in [6.45, 7) is 3.78. The number of fused-ring (bicyclic) bond motifs is 1. The van der Waals surface area contributed by atoms with Crippen molar-refractivity contribution in [2.24, 2.45) is 0 Å². The van der Waals surface area contributed by atoms with Gasteiger partial charge >= 0.3 is 6.03 Å². The quantitative estimate of drug-likeness (QED) is 0.760. The van der Waals surface area contributed by atoms with Crippen molar-refractivity contribution in [2.75, 3.05) is 26.4 Å². The van der Waals surface area contributed by atoms with E-state index in [2.05, 4.69) is 10.6 Å². The van der Waals surface area contributed by atoms with Gasteiger partial charge in [-0.15, -0.1) is 0 Å². The van der Waals surface area contributed by atoms with Crippen molar-refractivity contribution in [1.82, 2.24) is 10.6 Å². The van der Waals surface area contributed by atoms with E-state index >= 15 is 0 Å². The van der Waals surface area contributed by atoms with E-state index in [1.165, 1.54) is 12.1 Å². The second kappa shape index (κ2) is 9.12. The molecule has 0 fully saturated rings. The van der Waals surface area contributed by atoms with Crippen LogP contribution in [0.1, 0.15) is 24.9 Å². The molecule has 144 valence electrons. The molecular formula is C20H23FN2O4. The summed E-state index contributed by atoms with van der Waals surface area (Å²) in [5, 5.41) is 5.61. The Morgan fingerprint density at radius 3 is 2.67 bits per heavy atom. The predicted octanol–water partition coefficient (Wildman–Crippen LogP) is 3.43. The Morgan fingerprint density at radius 2 is 1.89 bits per heavy atom. The van der Waals surface area contributed by atoms with Crippen molar-refractivity contribution in [3.05, 3.63) is 53.8 Å². The van der Waals surface area contributed by atoms with E-state index in [-0.39, 0.29) is 24.5 Å². The fraction of sp³-hybridized carbons (Fsp3) is 0.350. The molecule has 0 aliphatic carbocycles. The first-order valence-corrected chi connectivity index (χ1v) is 8.94. The van der Waals surface area contributed by atoms with Crippen LogP contribution in [-0.4, -0.2) is 32.4 Å². The maximum atomic E-state index is 12.8. The molecule has 7 heteroatoms. The largest absolute Gasteiger partial charge is 0.492 e. The lowest BCUT2D eigenvalue weighted by Gasteiger charge is -2.17. The highest BCUT2D eigenvalue weighted by molar-refractivity contribution is 5.74. The van der Waals surface area contributed by atoms with Crippen molar-refractivity contribution >= 4 is 6.03 Å². The first kappa shape index (κ1) is 18.8. The molecule has 1 aliphatic rings. The van der Waals surface area contributed by atoms with Crippen molar-refractivity contribution in [3.63, 3.8) is 0 Å². The van der Waals surface area contributed by atoms with Gasteiger partial charge in [0.15, 0.2) is 11.5 Å². The van der Waals surface area contributed by atoms with E-state index in [0.29, 0.717) is 31.3 Å². The van der Waals surface area contributed by atoms with Crippen LogP contribution in [0.3, 0.4) is 0 Å². The monoisotopic (exact) mass is 374 g/mol. The smallest absolute Gasteiger partial charge is 0.315 e. The highest BCUT2D eigenvalue weighted by atomic mass is 19.1. The third kappa shape index (κ3) is 5.51. The van der Waals surface area contributed by atoms with Gasteiger partial charge in [-0.2, -0.15) is 0 Å². The lowest BCUT2D eigenvalue weighted by molar-refractivity contribution is 0.233. The number of rotatable bonds is 6. The van der Waals surface area contributed by atoms with Gasteiger partial charge in [0, 0.05) is 6.42 Å². The van der Waals surface area contributed by atoms with Crippen LogP contribution in [0, 0.1) is 5.82 Å². The zero-order valence-electron chi connectivity index (χ0n) is 15.2. The Morgan fingerprint density at radius 1 is 1.15 bits per heavy atom. The van der Waals surface area contributed by atoms with Crippen LogP contribution in [0.25, 0.3) is 0 Å². The fourth-order valence-electron chi connectivity index (χ4n) is 2.64. The molecule has 1 aliphatic heterocycles. The van der Waals surface area contributed by atoms with Crippen molar-refractivity contribution in [1.29, 1.82) is 0 Å². The molecule has 2 N–H and O–H groups in total. The highest BCUT2D eigenvalue weighted by Gasteiger charge is 2.15. The number of nitrogens with one attached hydrogen (secondary N) is 2. The lowest BCUT2D eigenvalue weighted by atomic mass is 10.1. The number of halogens is 1. The van der Waals surface area contributed by atoms with Gasteiger partial charge in [-0.25, -0.2) is 9.18 Å². The topological polar surface area (TPSA) is 68.8 Å². The molecule has 2 aromatic rings. The summed E-state index contributed by atoms with van der Waals surface area (Å²) in [6.07, 6.45) is 0.847. The molecule has 3 rings (SSSR count). The Hall–Kier alpha value is -2.96. The minimum absolute atomic E-state index is 0.194. The highest BCUT2D eigenvalue weighted by Crippen LogP contribution is 2.32. The lowest BCUT2D eigenvalue weighted by Crippen LogP contribution is -2.39. The van der Waals surface area contributed by atoms with E-state index in [0.717, 1.165) is 17.7 Å². The maximum absolute atomic E-state index is 12.8. The number of urea groups is 1. The Kier molecular flexibility index (Phi) is 6.35. The van der Waals surface area contributed by atoms with Crippen LogP contribution in [0.4, 0.5) is 9.18 Å². The molecule has 1 atom stereocenters. The average molecular weight is 374 g/mol. The summed E-state index contributed by atoms with van der Waals surface area (Å²) in [6, 6.07) is 10.9. The number of benzene rings is 2. The normalized spacial score (nSPS) is 14.0. The first-order chi connectivity index (χ1) is 13.1. The van der Waals surface area contributed by atoms with Crippen LogP contribution in [0.15, 0.2) is 42.5 Å². The van der Waals surface area contributed by atoms with Crippen LogP contribution in [-0.2, 0) is 0 Å². The molecule has 1 unspecified atom stereocenters. The molecule has 0 aromatic heterocycles. The molecule has 0 bridgehead atoms. The zero-order chi connectivity index (χ0) is 19.1. The molecule has 0 saturated carbocycles. The second-order valence-corrected chi connectivity index (χ2v) is 6.18. The minimum atomic E-state index is -0.316. The first-order valence-electron chi connectivity index (χ1n) is 8.94. The molecular weight excluding hydrogens is 351 g/mol. The van der Waals surface area contributed by atoms with Crippen LogP contribution in [0.5, 0.6) is 17.2 Å². The van der Waals surface area contributed by atoms with Crippen LogP contribution < -0.4 is 24.8 Å². The summed E-state index contributed by atoms with van der Waals surface area (Å²) < 4.78 is 29.5. The molecule has 2 amide bonds. The predicted molar refractivity (Wildman–Crippen MR) is 98.9 cm³/mol. The van der Waals surface area contributed by atoms with Gasteiger partial charge in [0.1, 0.15) is 18.2 Å². The SMILES string of the molecule is CC(NC(=O)NCCOc1ccc(F)cc1)c1ccc2c(c1)OCCCO2. The standard InChI is InChI=1S/C20H23FN2O4/c1-14(15-3-8-18-19(13-15)27-11-2-10-26-18)23-20(24)22-9-12-25-17-6-4-16(21)5-7-17/h3-8,13-14H,2,9-12H2,1H3,(H2,22,23,24). The third-order valence-electron chi connectivity index (χ3n) is 4.09. The third-order valence-corrected chi connectivity index (χ3v) is 4.09. The summed E-state index contributed by atoms with van der Waals surface area (Å²) in [7, 11) is 0. The maximum Gasteiger partial charge on any atom is 0.315 e. The molecule has 6 nitrogen and oxygen atoms in total. The van der Waals surface area contributed by atoms with E-state index < -0.39 is 0 Å². The zero-order valence-corrected chi connectivity index (χ0v) is 15.2. The van der Waals surface area contributed by atoms with Crippen molar-refractivity contribution < 1.29 is 23.4 Å². The molecule has 2 aromatic carbocycles. The summed E-state index contributed by atoms with van der Waals surface area (Å²) >= 11 is 0. The summed E-state index contributed by atoms with van der Waals surface area (Å²) in [4.78, 5) is 12.0.